The van der Waals surface area contributed by atoms with Gasteiger partial charge in [0.05, 0.1) is 18.6 Å². The Morgan fingerprint density at radius 1 is 1.32 bits per heavy atom. The van der Waals surface area contributed by atoms with Gasteiger partial charge >= 0.3 is 0 Å². The highest BCUT2D eigenvalue weighted by atomic mass is 16.5. The Balaban J connectivity index is 1.55. The molecule has 122 valence electrons. The number of nitrogens with zero attached hydrogens (tertiary/aromatic N) is 2. The molecular weight excluding hydrogens is 278 g/mol. The van der Waals surface area contributed by atoms with Crippen LogP contribution in [0.3, 0.4) is 0 Å². The van der Waals surface area contributed by atoms with Gasteiger partial charge in [-0.3, -0.25) is 4.79 Å². The number of piperidine rings is 1. The predicted molar refractivity (Wildman–Crippen MR) is 85.3 cm³/mol. The van der Waals surface area contributed by atoms with E-state index in [0.717, 1.165) is 44.7 Å². The molecule has 1 aromatic rings. The van der Waals surface area contributed by atoms with Crippen LogP contribution in [0.4, 0.5) is 0 Å². The van der Waals surface area contributed by atoms with Gasteiger partial charge in [0.2, 0.25) is 5.91 Å². The molecule has 22 heavy (non-hydrogen) atoms. The van der Waals surface area contributed by atoms with Crippen LogP contribution in [0.2, 0.25) is 0 Å². The highest BCUT2D eigenvalue weighted by Gasteiger charge is 2.39. The summed E-state index contributed by atoms with van der Waals surface area (Å²) in [5.74, 6) is 0.709. The van der Waals surface area contributed by atoms with Crippen LogP contribution in [-0.4, -0.2) is 48.2 Å². The third-order valence-electron chi connectivity index (χ3n) is 5.20. The lowest BCUT2D eigenvalue weighted by molar-refractivity contribution is -0.128. The molecule has 5 nitrogen and oxygen atoms in total. The minimum atomic E-state index is 0.0219. The molecule has 3 rings (SSSR count). The van der Waals surface area contributed by atoms with Gasteiger partial charge in [-0.15, -0.1) is 0 Å². The first-order chi connectivity index (χ1) is 10.6. The highest BCUT2D eigenvalue weighted by Crippen LogP contribution is 2.33. The predicted octanol–water partition coefficient (Wildman–Crippen LogP) is 1.39. The van der Waals surface area contributed by atoms with Crippen LogP contribution in [0.1, 0.15) is 25.0 Å². The minimum Gasteiger partial charge on any atom is -0.377 e. The van der Waals surface area contributed by atoms with Crippen molar-refractivity contribution >= 4 is 5.91 Å². The Morgan fingerprint density at radius 2 is 2.09 bits per heavy atom. The standard InChI is InChI=1S/C17H27N3O2/c1-19-9-5-13(6-10-19)16-15(7-11-22-16)17(21)18-12-14-4-3-8-20(14)2/h3-4,8,13,15-16H,5-7,9-12H2,1-2H3,(H,18,21)/t15-,16+/m0/s1. The van der Waals surface area contributed by atoms with Crippen LogP contribution in [-0.2, 0) is 23.1 Å². The van der Waals surface area contributed by atoms with Crippen molar-refractivity contribution in [2.75, 3.05) is 26.7 Å². The summed E-state index contributed by atoms with van der Waals surface area (Å²) in [6, 6.07) is 4.04. The normalized spacial score (nSPS) is 27.2. The average Bonchev–Trinajstić information content (AvgIpc) is 3.15. The third-order valence-corrected chi connectivity index (χ3v) is 5.20. The van der Waals surface area contributed by atoms with E-state index < -0.39 is 0 Å². The highest BCUT2D eigenvalue weighted by molar-refractivity contribution is 5.79. The molecule has 0 radical (unpaired) electrons. The van der Waals surface area contributed by atoms with Gasteiger partial charge in [0.1, 0.15) is 0 Å². The minimum absolute atomic E-state index is 0.0219. The molecule has 1 amide bonds. The molecule has 2 atom stereocenters. The van der Waals surface area contributed by atoms with E-state index in [0.29, 0.717) is 12.5 Å². The summed E-state index contributed by atoms with van der Waals surface area (Å²) in [6.07, 6.45) is 5.25. The molecule has 5 heteroatoms. The fraction of sp³-hybridized carbons (Fsp3) is 0.706. The molecule has 2 aliphatic rings. The Hall–Kier alpha value is -1.33. The Bertz CT molecular complexity index is 506. The number of aryl methyl sites for hydroxylation is 1. The summed E-state index contributed by atoms with van der Waals surface area (Å²) in [7, 11) is 4.16. The van der Waals surface area contributed by atoms with E-state index in [1.165, 1.54) is 0 Å². The van der Waals surface area contributed by atoms with Gasteiger partial charge in [0.15, 0.2) is 0 Å². The summed E-state index contributed by atoms with van der Waals surface area (Å²) >= 11 is 0. The molecule has 0 saturated carbocycles. The first-order valence-corrected chi connectivity index (χ1v) is 8.33. The number of amides is 1. The second-order valence-corrected chi connectivity index (χ2v) is 6.70. The van der Waals surface area contributed by atoms with Crippen molar-refractivity contribution < 1.29 is 9.53 Å². The van der Waals surface area contributed by atoms with Crippen molar-refractivity contribution in [3.63, 3.8) is 0 Å². The fourth-order valence-electron chi connectivity index (χ4n) is 3.70. The molecule has 3 heterocycles. The van der Waals surface area contributed by atoms with Crippen LogP contribution in [0.15, 0.2) is 18.3 Å². The largest absolute Gasteiger partial charge is 0.377 e. The third kappa shape index (κ3) is 3.36. The first kappa shape index (κ1) is 15.6. The van der Waals surface area contributed by atoms with E-state index in [1.54, 1.807) is 0 Å². The molecule has 0 spiro atoms. The lowest BCUT2D eigenvalue weighted by Gasteiger charge is -2.34. The van der Waals surface area contributed by atoms with Gasteiger partial charge in [-0.05, 0) is 57.5 Å². The molecule has 1 aromatic heterocycles. The zero-order chi connectivity index (χ0) is 15.5. The van der Waals surface area contributed by atoms with E-state index >= 15 is 0 Å². The first-order valence-electron chi connectivity index (χ1n) is 8.33. The van der Waals surface area contributed by atoms with E-state index in [4.69, 9.17) is 4.74 Å². The number of nitrogens with one attached hydrogen (secondary N) is 1. The monoisotopic (exact) mass is 305 g/mol. The maximum Gasteiger partial charge on any atom is 0.226 e. The molecule has 0 aliphatic carbocycles. The Kier molecular flexibility index (Phi) is 4.84. The Labute approximate surface area is 132 Å². The fourth-order valence-corrected chi connectivity index (χ4v) is 3.70. The zero-order valence-corrected chi connectivity index (χ0v) is 13.6. The van der Waals surface area contributed by atoms with Crippen LogP contribution in [0.5, 0.6) is 0 Å². The number of carbonyl (C=O) groups excluding carboxylic acids is 1. The van der Waals surface area contributed by atoms with Crippen LogP contribution in [0, 0.1) is 11.8 Å². The molecule has 0 aromatic carbocycles. The van der Waals surface area contributed by atoms with Crippen molar-refractivity contribution in [2.45, 2.75) is 31.9 Å². The summed E-state index contributed by atoms with van der Waals surface area (Å²) in [6.45, 7) is 3.54. The van der Waals surface area contributed by atoms with Crippen molar-refractivity contribution in [1.82, 2.24) is 14.8 Å². The van der Waals surface area contributed by atoms with E-state index in [9.17, 15) is 4.79 Å². The smallest absolute Gasteiger partial charge is 0.226 e. The maximum atomic E-state index is 12.6. The van der Waals surface area contributed by atoms with Crippen LogP contribution in [0.25, 0.3) is 0 Å². The molecular formula is C17H27N3O2. The lowest BCUT2D eigenvalue weighted by Crippen LogP contribution is -2.42. The topological polar surface area (TPSA) is 46.5 Å². The zero-order valence-electron chi connectivity index (χ0n) is 13.6. The molecule has 0 unspecified atom stereocenters. The summed E-state index contributed by atoms with van der Waals surface area (Å²) in [5.41, 5.74) is 1.13. The van der Waals surface area contributed by atoms with Crippen molar-refractivity contribution in [3.05, 3.63) is 24.0 Å². The number of likely N-dealkylation sites (tertiary alicyclic amines) is 1. The van der Waals surface area contributed by atoms with Crippen molar-refractivity contribution in [2.24, 2.45) is 18.9 Å². The summed E-state index contributed by atoms with van der Waals surface area (Å²) in [5, 5.41) is 3.10. The average molecular weight is 305 g/mol. The number of hydrogen-bond donors (Lipinski definition) is 1. The number of rotatable bonds is 4. The van der Waals surface area contributed by atoms with Gasteiger partial charge in [-0.1, -0.05) is 0 Å². The number of hydrogen-bond acceptors (Lipinski definition) is 3. The molecule has 1 N–H and O–H groups in total. The van der Waals surface area contributed by atoms with Crippen LogP contribution < -0.4 is 5.32 Å². The van der Waals surface area contributed by atoms with Gasteiger partial charge in [-0.25, -0.2) is 0 Å². The maximum absolute atomic E-state index is 12.6. The van der Waals surface area contributed by atoms with E-state index in [1.807, 2.05) is 29.9 Å². The lowest BCUT2D eigenvalue weighted by atomic mass is 9.84. The van der Waals surface area contributed by atoms with Gasteiger partial charge in [0.25, 0.3) is 0 Å². The van der Waals surface area contributed by atoms with Crippen LogP contribution >= 0.6 is 0 Å². The number of carbonyl (C=O) groups is 1. The van der Waals surface area contributed by atoms with Crippen molar-refractivity contribution in [1.29, 1.82) is 0 Å². The molecule has 2 fully saturated rings. The second-order valence-electron chi connectivity index (χ2n) is 6.70. The summed E-state index contributed by atoms with van der Waals surface area (Å²) in [4.78, 5) is 14.9. The number of ether oxygens (including phenoxy) is 1. The second kappa shape index (κ2) is 6.84. The van der Waals surface area contributed by atoms with Gasteiger partial charge < -0.3 is 19.5 Å². The van der Waals surface area contributed by atoms with Crippen molar-refractivity contribution in [3.8, 4) is 0 Å². The van der Waals surface area contributed by atoms with Gasteiger partial charge in [0, 0.05) is 25.5 Å². The molecule has 2 aliphatic heterocycles. The van der Waals surface area contributed by atoms with Gasteiger partial charge in [-0.2, -0.15) is 0 Å². The number of aromatic nitrogens is 1. The SMILES string of the molecule is CN1CCC([C@H]2OCC[C@@H]2C(=O)NCc2cccn2C)CC1. The molecule has 0 bridgehead atoms. The van der Waals surface area contributed by atoms with E-state index in [2.05, 4.69) is 17.3 Å². The van der Waals surface area contributed by atoms with E-state index in [-0.39, 0.29) is 17.9 Å². The quantitative estimate of drug-likeness (QED) is 0.914. The Morgan fingerprint density at radius 3 is 2.77 bits per heavy atom. The summed E-state index contributed by atoms with van der Waals surface area (Å²) < 4.78 is 7.98. The molecule has 2 saturated heterocycles.